The first kappa shape index (κ1) is 19.4. The lowest BCUT2D eigenvalue weighted by Gasteiger charge is -2.08. The molecule has 0 spiro atoms. The van der Waals surface area contributed by atoms with Gasteiger partial charge in [-0.15, -0.1) is 11.3 Å². The molecule has 3 nitrogen and oxygen atoms in total. The average molecular weight is 468 g/mol. The fourth-order valence-corrected chi connectivity index (χ4v) is 4.49. The van der Waals surface area contributed by atoms with Gasteiger partial charge in [-0.1, -0.05) is 57.5 Å². The van der Waals surface area contributed by atoms with Crippen LogP contribution in [0.2, 0.25) is 5.02 Å². The van der Waals surface area contributed by atoms with Gasteiger partial charge in [0.1, 0.15) is 4.34 Å². The second-order valence-corrected chi connectivity index (χ2v) is 9.14. The molecule has 3 aromatic rings. The van der Waals surface area contributed by atoms with Gasteiger partial charge < -0.3 is 5.32 Å². The normalized spacial score (nSPS) is 10.7. The van der Waals surface area contributed by atoms with Crippen molar-refractivity contribution in [2.45, 2.75) is 23.4 Å². The van der Waals surface area contributed by atoms with Crippen molar-refractivity contribution < 1.29 is 4.79 Å². The number of benzene rings is 2. The number of aromatic nitrogens is 1. The molecule has 26 heavy (non-hydrogen) atoms. The van der Waals surface area contributed by atoms with Gasteiger partial charge in [-0.3, -0.25) is 4.79 Å². The number of thioether (sulfide) groups is 1. The summed E-state index contributed by atoms with van der Waals surface area (Å²) in [4.78, 5) is 16.8. The van der Waals surface area contributed by atoms with Crippen LogP contribution in [0.25, 0.3) is 0 Å². The minimum Gasteiger partial charge on any atom is -0.325 e. The number of carbonyl (C=O) groups excluding carboxylic acids is 1. The Bertz CT molecular complexity index is 912. The van der Waals surface area contributed by atoms with Crippen molar-refractivity contribution in [3.05, 3.63) is 74.2 Å². The largest absolute Gasteiger partial charge is 0.325 e. The standard InChI is InChI=1S/C19H16BrClN2OS2/c1-12-2-7-15(21)8-17(12)23-18(24)9-16-11-26-19(22-16)25-10-13-3-5-14(20)6-4-13/h2-8,11H,9-10H2,1H3,(H,23,24). The highest BCUT2D eigenvalue weighted by atomic mass is 79.9. The van der Waals surface area contributed by atoms with Crippen LogP contribution in [0.4, 0.5) is 5.69 Å². The van der Waals surface area contributed by atoms with Crippen LogP contribution >= 0.6 is 50.6 Å². The lowest BCUT2D eigenvalue weighted by atomic mass is 10.2. The minimum atomic E-state index is -0.0925. The maximum Gasteiger partial charge on any atom is 0.230 e. The summed E-state index contributed by atoms with van der Waals surface area (Å²) in [7, 11) is 0. The van der Waals surface area contributed by atoms with E-state index in [-0.39, 0.29) is 12.3 Å². The molecule has 1 amide bonds. The summed E-state index contributed by atoms with van der Waals surface area (Å²) in [6.07, 6.45) is 0.251. The Balaban J connectivity index is 1.55. The molecule has 0 atom stereocenters. The van der Waals surface area contributed by atoms with Gasteiger partial charge in [-0.05, 0) is 42.3 Å². The first-order chi connectivity index (χ1) is 12.5. The van der Waals surface area contributed by atoms with Gasteiger partial charge in [-0.25, -0.2) is 4.98 Å². The zero-order chi connectivity index (χ0) is 18.5. The van der Waals surface area contributed by atoms with Crippen molar-refractivity contribution in [2.24, 2.45) is 0 Å². The molecule has 0 saturated carbocycles. The number of aryl methyl sites for hydroxylation is 1. The SMILES string of the molecule is Cc1ccc(Cl)cc1NC(=O)Cc1csc(SCc2ccc(Br)cc2)n1. The maximum atomic E-state index is 12.3. The van der Waals surface area contributed by atoms with E-state index in [1.54, 1.807) is 29.2 Å². The highest BCUT2D eigenvalue weighted by molar-refractivity contribution is 9.10. The monoisotopic (exact) mass is 466 g/mol. The molecule has 7 heteroatoms. The van der Waals surface area contributed by atoms with Crippen molar-refractivity contribution >= 4 is 62.2 Å². The van der Waals surface area contributed by atoms with Crippen molar-refractivity contribution in [2.75, 3.05) is 5.32 Å². The summed E-state index contributed by atoms with van der Waals surface area (Å²) < 4.78 is 2.04. The maximum absolute atomic E-state index is 12.3. The summed E-state index contributed by atoms with van der Waals surface area (Å²) in [5.41, 5.74) is 3.74. The number of nitrogens with one attached hydrogen (secondary N) is 1. The number of rotatable bonds is 6. The quantitative estimate of drug-likeness (QED) is 0.430. The number of nitrogens with zero attached hydrogens (tertiary/aromatic N) is 1. The summed E-state index contributed by atoms with van der Waals surface area (Å²) in [6.45, 7) is 1.94. The minimum absolute atomic E-state index is 0.0925. The van der Waals surface area contributed by atoms with E-state index in [1.165, 1.54) is 5.56 Å². The molecule has 0 radical (unpaired) electrons. The number of anilines is 1. The van der Waals surface area contributed by atoms with E-state index in [4.69, 9.17) is 11.6 Å². The van der Waals surface area contributed by atoms with Crippen molar-refractivity contribution in [3.63, 3.8) is 0 Å². The van der Waals surface area contributed by atoms with E-state index in [0.29, 0.717) is 5.02 Å². The molecule has 0 aliphatic heterocycles. The molecular formula is C19H16BrClN2OS2. The summed E-state index contributed by atoms with van der Waals surface area (Å²) >= 11 is 12.7. The van der Waals surface area contributed by atoms with Crippen molar-refractivity contribution in [3.8, 4) is 0 Å². The molecule has 0 fully saturated rings. The molecule has 3 rings (SSSR count). The highest BCUT2D eigenvalue weighted by Gasteiger charge is 2.10. The van der Waals surface area contributed by atoms with E-state index in [2.05, 4.69) is 38.4 Å². The molecule has 2 aromatic carbocycles. The Kier molecular flexibility index (Phi) is 6.75. The molecule has 0 bridgehead atoms. The zero-order valence-electron chi connectivity index (χ0n) is 14.0. The van der Waals surface area contributed by atoms with Gasteiger partial charge in [0, 0.05) is 26.3 Å². The van der Waals surface area contributed by atoms with Crippen LogP contribution in [-0.2, 0) is 17.0 Å². The van der Waals surface area contributed by atoms with E-state index in [0.717, 1.165) is 31.5 Å². The van der Waals surface area contributed by atoms with Crippen LogP contribution in [0.15, 0.2) is 56.7 Å². The molecule has 0 aliphatic rings. The van der Waals surface area contributed by atoms with Crippen LogP contribution < -0.4 is 5.32 Å². The van der Waals surface area contributed by atoms with E-state index < -0.39 is 0 Å². The molecule has 0 saturated heterocycles. The van der Waals surface area contributed by atoms with Crippen LogP contribution in [0.5, 0.6) is 0 Å². The molecule has 0 unspecified atom stereocenters. The van der Waals surface area contributed by atoms with Crippen LogP contribution in [0.1, 0.15) is 16.8 Å². The Morgan fingerprint density at radius 2 is 2.04 bits per heavy atom. The summed E-state index contributed by atoms with van der Waals surface area (Å²) in [5, 5.41) is 5.44. The lowest BCUT2D eigenvalue weighted by Crippen LogP contribution is -2.15. The van der Waals surface area contributed by atoms with Crippen molar-refractivity contribution in [1.29, 1.82) is 0 Å². The topological polar surface area (TPSA) is 42.0 Å². The fourth-order valence-electron chi connectivity index (χ4n) is 2.25. The molecule has 1 heterocycles. The predicted octanol–water partition coefficient (Wildman–Crippen LogP) is 6.34. The first-order valence-corrected chi connectivity index (χ1v) is 10.9. The Morgan fingerprint density at radius 3 is 2.81 bits per heavy atom. The Morgan fingerprint density at radius 1 is 1.27 bits per heavy atom. The number of hydrogen-bond acceptors (Lipinski definition) is 4. The number of halogens is 2. The lowest BCUT2D eigenvalue weighted by molar-refractivity contribution is -0.115. The third kappa shape index (κ3) is 5.58. The Labute approximate surface area is 174 Å². The van der Waals surface area contributed by atoms with E-state index in [1.807, 2.05) is 36.6 Å². The number of carbonyl (C=O) groups is 1. The predicted molar refractivity (Wildman–Crippen MR) is 114 cm³/mol. The molecule has 1 N–H and O–H groups in total. The molecule has 134 valence electrons. The zero-order valence-corrected chi connectivity index (χ0v) is 17.9. The number of thiazole rings is 1. The second kappa shape index (κ2) is 9.04. The van der Waals surface area contributed by atoms with Gasteiger partial charge in [-0.2, -0.15) is 0 Å². The fraction of sp³-hybridized carbons (Fsp3) is 0.158. The summed E-state index contributed by atoms with van der Waals surface area (Å²) in [6, 6.07) is 13.7. The first-order valence-electron chi connectivity index (χ1n) is 7.87. The van der Waals surface area contributed by atoms with Crippen LogP contribution in [0, 0.1) is 6.92 Å². The molecular weight excluding hydrogens is 452 g/mol. The molecule has 1 aromatic heterocycles. The van der Waals surface area contributed by atoms with Crippen LogP contribution in [0.3, 0.4) is 0 Å². The summed E-state index contributed by atoms with van der Waals surface area (Å²) in [5.74, 6) is 0.763. The van der Waals surface area contributed by atoms with Gasteiger partial charge in [0.15, 0.2) is 0 Å². The van der Waals surface area contributed by atoms with Gasteiger partial charge >= 0.3 is 0 Å². The third-order valence-electron chi connectivity index (χ3n) is 3.62. The highest BCUT2D eigenvalue weighted by Crippen LogP contribution is 2.27. The van der Waals surface area contributed by atoms with Crippen LogP contribution in [-0.4, -0.2) is 10.9 Å². The number of amides is 1. The smallest absolute Gasteiger partial charge is 0.230 e. The van der Waals surface area contributed by atoms with Crippen molar-refractivity contribution in [1.82, 2.24) is 4.98 Å². The van der Waals surface area contributed by atoms with Gasteiger partial charge in [0.25, 0.3) is 0 Å². The Hall–Kier alpha value is -1.34. The molecule has 0 aliphatic carbocycles. The van der Waals surface area contributed by atoms with E-state index >= 15 is 0 Å². The second-order valence-electron chi connectivity index (χ2n) is 5.70. The van der Waals surface area contributed by atoms with E-state index in [9.17, 15) is 4.79 Å². The van der Waals surface area contributed by atoms with Gasteiger partial charge in [0.2, 0.25) is 5.91 Å². The number of hydrogen-bond donors (Lipinski definition) is 1. The average Bonchev–Trinajstić information content (AvgIpc) is 3.05. The van der Waals surface area contributed by atoms with Gasteiger partial charge in [0.05, 0.1) is 12.1 Å². The third-order valence-corrected chi connectivity index (χ3v) is 6.53.